The summed E-state index contributed by atoms with van der Waals surface area (Å²) in [7, 11) is 0. The maximum atomic E-state index is 13.6. The van der Waals surface area contributed by atoms with Gasteiger partial charge in [0, 0.05) is 16.7 Å². The zero-order valence-corrected chi connectivity index (χ0v) is 19.1. The van der Waals surface area contributed by atoms with Gasteiger partial charge in [0.2, 0.25) is 11.3 Å². The number of anilines is 1. The van der Waals surface area contributed by atoms with E-state index in [0.29, 0.717) is 34.9 Å². The number of halogens is 1. The Morgan fingerprint density at radius 3 is 2.18 bits per heavy atom. The van der Waals surface area contributed by atoms with Gasteiger partial charge >= 0.3 is 0 Å². The molecule has 0 radical (unpaired) electrons. The standard InChI is InChI=1S/C28H22ClNO4/c29-19-13-14-21(22(17-19)34-20-11-5-2-6-12-20)23-24(26(32)25(23)31)30-27(33)28(15-7-8-16-28)18-9-3-1-4-10-18/h1-6,9-14,17H,7-8,15-16H2,(H,30,33). The second-order valence-corrected chi connectivity index (χ2v) is 9.01. The summed E-state index contributed by atoms with van der Waals surface area (Å²) in [6.45, 7) is 0. The molecule has 34 heavy (non-hydrogen) atoms. The van der Waals surface area contributed by atoms with Gasteiger partial charge in [-0.1, -0.05) is 73.0 Å². The normalized spacial score (nSPS) is 14.7. The molecule has 4 aromatic rings. The van der Waals surface area contributed by atoms with E-state index in [1.54, 1.807) is 30.3 Å². The second-order valence-electron chi connectivity index (χ2n) is 8.57. The van der Waals surface area contributed by atoms with Crippen molar-refractivity contribution in [1.82, 2.24) is 0 Å². The molecule has 1 N–H and O–H groups in total. The minimum Gasteiger partial charge on any atom is -0.457 e. The molecular formula is C28H22ClNO4. The first kappa shape index (κ1) is 22.1. The molecule has 4 aromatic carbocycles. The minimum absolute atomic E-state index is 0.0115. The van der Waals surface area contributed by atoms with Crippen LogP contribution in [-0.2, 0) is 10.2 Å². The average molecular weight is 472 g/mol. The van der Waals surface area contributed by atoms with E-state index < -0.39 is 16.3 Å². The van der Waals surface area contributed by atoms with Crippen LogP contribution in [0.15, 0.2) is 88.5 Å². The number of nitrogens with one attached hydrogen (secondary N) is 1. The first-order valence-corrected chi connectivity index (χ1v) is 11.6. The number of carbonyl (C=O) groups excluding carboxylic acids is 1. The van der Waals surface area contributed by atoms with Gasteiger partial charge in [-0.15, -0.1) is 0 Å². The highest BCUT2D eigenvalue weighted by molar-refractivity contribution is 6.30. The number of hydrogen-bond acceptors (Lipinski definition) is 4. The molecule has 0 unspecified atom stereocenters. The van der Waals surface area contributed by atoms with Crippen LogP contribution in [0.4, 0.5) is 5.69 Å². The summed E-state index contributed by atoms with van der Waals surface area (Å²) in [5, 5.41) is 3.24. The van der Waals surface area contributed by atoms with Crippen LogP contribution < -0.4 is 20.9 Å². The Balaban J connectivity index is 1.52. The maximum absolute atomic E-state index is 13.6. The van der Waals surface area contributed by atoms with E-state index in [4.69, 9.17) is 16.3 Å². The molecule has 0 atom stereocenters. The highest BCUT2D eigenvalue weighted by atomic mass is 35.5. The predicted molar refractivity (Wildman–Crippen MR) is 134 cm³/mol. The fraction of sp³-hybridized carbons (Fsp3) is 0.179. The third-order valence-electron chi connectivity index (χ3n) is 6.55. The molecule has 1 saturated carbocycles. The van der Waals surface area contributed by atoms with E-state index in [9.17, 15) is 14.4 Å². The van der Waals surface area contributed by atoms with Crippen LogP contribution in [0.5, 0.6) is 11.5 Å². The topological polar surface area (TPSA) is 72.5 Å². The summed E-state index contributed by atoms with van der Waals surface area (Å²) in [6.07, 6.45) is 3.23. The van der Waals surface area contributed by atoms with Crippen molar-refractivity contribution in [3.63, 3.8) is 0 Å². The molecule has 0 aromatic heterocycles. The summed E-state index contributed by atoms with van der Waals surface area (Å²) in [6, 6.07) is 23.5. The largest absolute Gasteiger partial charge is 0.457 e. The lowest BCUT2D eigenvalue weighted by atomic mass is 9.77. The average Bonchev–Trinajstić information content (AvgIpc) is 3.37. The molecule has 5 nitrogen and oxygen atoms in total. The Kier molecular flexibility index (Phi) is 5.80. The third kappa shape index (κ3) is 3.82. The molecule has 6 heteroatoms. The van der Waals surface area contributed by atoms with Crippen LogP contribution >= 0.6 is 11.6 Å². The number of ether oxygens (including phenoxy) is 1. The zero-order valence-electron chi connectivity index (χ0n) is 18.3. The number of hydrogen-bond donors (Lipinski definition) is 1. The molecule has 170 valence electrons. The highest BCUT2D eigenvalue weighted by Gasteiger charge is 2.43. The Labute approximate surface area is 201 Å². The molecule has 0 saturated heterocycles. The highest BCUT2D eigenvalue weighted by Crippen LogP contribution is 2.43. The van der Waals surface area contributed by atoms with Gasteiger partial charge in [-0.05, 0) is 42.7 Å². The molecule has 0 heterocycles. The smallest absolute Gasteiger partial charge is 0.250 e. The summed E-state index contributed by atoms with van der Waals surface area (Å²) in [5.41, 5.74) is -0.597. The molecule has 1 aliphatic rings. The summed E-state index contributed by atoms with van der Waals surface area (Å²) >= 11 is 6.19. The van der Waals surface area contributed by atoms with Crippen LogP contribution in [0.1, 0.15) is 31.2 Å². The summed E-state index contributed by atoms with van der Waals surface area (Å²) < 4.78 is 5.98. The lowest BCUT2D eigenvalue weighted by Crippen LogP contribution is -2.43. The Morgan fingerprint density at radius 1 is 0.853 bits per heavy atom. The Hall–Kier alpha value is -3.70. The van der Waals surface area contributed by atoms with Crippen molar-refractivity contribution >= 4 is 23.2 Å². The van der Waals surface area contributed by atoms with Crippen LogP contribution in [0.3, 0.4) is 0 Å². The lowest BCUT2D eigenvalue weighted by Gasteiger charge is -2.29. The molecule has 0 bridgehead atoms. The molecule has 0 spiro atoms. The molecule has 0 aliphatic heterocycles. The lowest BCUT2D eigenvalue weighted by molar-refractivity contribution is -0.121. The molecule has 1 aliphatic carbocycles. The van der Waals surface area contributed by atoms with Gasteiger partial charge in [-0.2, -0.15) is 0 Å². The maximum Gasteiger partial charge on any atom is 0.250 e. The van der Waals surface area contributed by atoms with Crippen molar-refractivity contribution in [3.05, 3.63) is 110 Å². The van der Waals surface area contributed by atoms with Crippen molar-refractivity contribution in [1.29, 1.82) is 0 Å². The van der Waals surface area contributed by atoms with E-state index in [-0.39, 0.29) is 17.2 Å². The quantitative estimate of drug-likeness (QED) is 0.358. The number of benzene rings is 3. The minimum atomic E-state index is -0.721. The first-order chi connectivity index (χ1) is 16.5. The fourth-order valence-electron chi connectivity index (χ4n) is 4.79. The number of rotatable bonds is 6. The van der Waals surface area contributed by atoms with Gasteiger partial charge in [0.25, 0.3) is 5.43 Å². The monoisotopic (exact) mass is 471 g/mol. The fourth-order valence-corrected chi connectivity index (χ4v) is 4.95. The van der Waals surface area contributed by atoms with E-state index in [1.165, 1.54) is 0 Å². The molecule has 5 rings (SSSR count). The van der Waals surface area contributed by atoms with Gasteiger partial charge in [0.1, 0.15) is 17.2 Å². The number of amides is 1. The van der Waals surface area contributed by atoms with Gasteiger partial charge in [0.05, 0.1) is 11.0 Å². The number of para-hydroxylation sites is 1. The number of carbonyl (C=O) groups is 1. The van der Waals surface area contributed by atoms with E-state index in [0.717, 1.165) is 18.4 Å². The van der Waals surface area contributed by atoms with Crippen LogP contribution in [0.25, 0.3) is 11.1 Å². The third-order valence-corrected chi connectivity index (χ3v) is 6.79. The van der Waals surface area contributed by atoms with Crippen LogP contribution in [0.2, 0.25) is 5.02 Å². The zero-order chi connectivity index (χ0) is 23.7. The Morgan fingerprint density at radius 2 is 1.50 bits per heavy atom. The van der Waals surface area contributed by atoms with Crippen LogP contribution in [0, 0.1) is 0 Å². The summed E-state index contributed by atoms with van der Waals surface area (Å²) in [5.74, 6) is 0.633. The van der Waals surface area contributed by atoms with E-state index in [2.05, 4.69) is 5.32 Å². The van der Waals surface area contributed by atoms with Gasteiger partial charge in [-0.25, -0.2) is 0 Å². The predicted octanol–water partition coefficient (Wildman–Crippen LogP) is 5.85. The van der Waals surface area contributed by atoms with Crippen molar-refractivity contribution in [2.75, 3.05) is 5.32 Å². The molecule has 1 amide bonds. The van der Waals surface area contributed by atoms with Crippen molar-refractivity contribution in [2.45, 2.75) is 31.1 Å². The van der Waals surface area contributed by atoms with Crippen molar-refractivity contribution in [2.24, 2.45) is 0 Å². The molecular weight excluding hydrogens is 450 g/mol. The van der Waals surface area contributed by atoms with Crippen molar-refractivity contribution in [3.8, 4) is 22.6 Å². The van der Waals surface area contributed by atoms with Gasteiger partial charge < -0.3 is 10.1 Å². The second kappa shape index (κ2) is 8.92. The van der Waals surface area contributed by atoms with Crippen molar-refractivity contribution < 1.29 is 9.53 Å². The Bertz CT molecular complexity index is 1420. The van der Waals surface area contributed by atoms with E-state index in [1.807, 2.05) is 48.5 Å². The first-order valence-electron chi connectivity index (χ1n) is 11.2. The molecule has 1 fully saturated rings. The van der Waals surface area contributed by atoms with E-state index >= 15 is 0 Å². The summed E-state index contributed by atoms with van der Waals surface area (Å²) in [4.78, 5) is 38.8. The van der Waals surface area contributed by atoms with Crippen LogP contribution in [-0.4, -0.2) is 5.91 Å². The van der Waals surface area contributed by atoms with Gasteiger partial charge in [0.15, 0.2) is 0 Å². The SMILES string of the molecule is O=C(Nc1c(-c2ccc(Cl)cc2Oc2ccccc2)c(=O)c1=O)C1(c2ccccc2)CCCC1. The van der Waals surface area contributed by atoms with Gasteiger partial charge in [-0.3, -0.25) is 14.4 Å².